The molecule has 2 N–H and O–H groups in total. The number of hydrogen-bond donors (Lipinski definition) is 2. The lowest BCUT2D eigenvalue weighted by molar-refractivity contribution is -0.113. The molecule has 8 heteroatoms. The Hall–Kier alpha value is -4.46. The topological polar surface area (TPSA) is 94.0 Å². The molecule has 1 aliphatic rings. The normalized spacial score (nSPS) is 14.9. The summed E-state index contributed by atoms with van der Waals surface area (Å²) in [4.78, 5) is 13.3. The molecule has 0 radical (unpaired) electrons. The van der Waals surface area contributed by atoms with Gasteiger partial charge in [-0.3, -0.25) is 4.79 Å². The Bertz CT molecular complexity index is 1280. The van der Waals surface area contributed by atoms with E-state index in [4.69, 9.17) is 4.74 Å². The highest BCUT2D eigenvalue weighted by molar-refractivity contribution is 6.06. The van der Waals surface area contributed by atoms with Gasteiger partial charge in [-0.15, -0.1) is 0 Å². The molecule has 0 saturated heterocycles. The quantitative estimate of drug-likeness (QED) is 0.469. The maximum atomic E-state index is 13.3. The fourth-order valence-electron chi connectivity index (χ4n) is 3.82. The van der Waals surface area contributed by atoms with Gasteiger partial charge in [-0.25, -0.2) is 0 Å². The van der Waals surface area contributed by atoms with Crippen molar-refractivity contribution in [3.8, 4) is 5.75 Å². The number of hydrogen-bond acceptors (Lipinski definition) is 6. The molecule has 0 bridgehead atoms. The zero-order chi connectivity index (χ0) is 22.6. The highest BCUT2D eigenvalue weighted by Crippen LogP contribution is 2.35. The smallest absolute Gasteiger partial charge is 0.255 e. The summed E-state index contributed by atoms with van der Waals surface area (Å²) in [7, 11) is 0. The van der Waals surface area contributed by atoms with Crippen LogP contribution in [0.25, 0.3) is 0 Å². The molecule has 8 nitrogen and oxygen atoms in total. The number of anilines is 2. The summed E-state index contributed by atoms with van der Waals surface area (Å²) in [6, 6.07) is 26.5. The number of tetrazole rings is 1. The third kappa shape index (κ3) is 4.31. The molecule has 0 saturated carbocycles. The van der Waals surface area contributed by atoms with E-state index in [9.17, 15) is 4.79 Å². The molecule has 4 aromatic rings. The van der Waals surface area contributed by atoms with E-state index in [-0.39, 0.29) is 5.91 Å². The summed E-state index contributed by atoms with van der Waals surface area (Å²) in [5.41, 5.74) is 3.91. The molecule has 1 amide bonds. The SMILES string of the molecule is CC1=C(C(=O)Nc2ccccc2)[C@@H](c2ccc(OCc3ccccc3)cc2)n2nnnc2N1. The molecule has 1 aromatic heterocycles. The van der Waals surface area contributed by atoms with Crippen LogP contribution in [0.15, 0.2) is 96.2 Å². The molecule has 3 aromatic carbocycles. The van der Waals surface area contributed by atoms with Crippen LogP contribution in [0.4, 0.5) is 11.6 Å². The Morgan fingerprint density at radius 3 is 2.42 bits per heavy atom. The lowest BCUT2D eigenvalue weighted by Gasteiger charge is -2.28. The standard InChI is InChI=1S/C25H22N6O2/c1-17-22(24(32)27-20-10-6-3-7-11-20)23(31-25(26-17)28-29-30-31)19-12-14-21(15-13-19)33-16-18-8-4-2-5-9-18/h2-15,23H,16H2,1H3,(H,27,32)(H,26,28,30)/t23-/m1/s1. The van der Waals surface area contributed by atoms with Gasteiger partial charge in [0.25, 0.3) is 5.91 Å². The second-order valence-corrected chi connectivity index (χ2v) is 7.68. The van der Waals surface area contributed by atoms with Gasteiger partial charge in [-0.1, -0.05) is 65.8 Å². The summed E-state index contributed by atoms with van der Waals surface area (Å²) >= 11 is 0. The molecular formula is C25H22N6O2. The van der Waals surface area contributed by atoms with Gasteiger partial charge in [-0.05, 0) is 52.7 Å². The summed E-state index contributed by atoms with van der Waals surface area (Å²) in [5.74, 6) is 1.00. The van der Waals surface area contributed by atoms with Gasteiger partial charge < -0.3 is 15.4 Å². The minimum atomic E-state index is -0.483. The maximum Gasteiger partial charge on any atom is 0.255 e. The van der Waals surface area contributed by atoms with Crippen molar-refractivity contribution in [1.82, 2.24) is 20.2 Å². The number of nitrogens with zero attached hydrogens (tertiary/aromatic N) is 4. The third-order valence-electron chi connectivity index (χ3n) is 5.43. The fourth-order valence-corrected chi connectivity index (χ4v) is 3.82. The van der Waals surface area contributed by atoms with E-state index in [1.165, 1.54) is 0 Å². The highest BCUT2D eigenvalue weighted by Gasteiger charge is 2.34. The Morgan fingerprint density at radius 1 is 1.00 bits per heavy atom. The fraction of sp³-hybridized carbons (Fsp3) is 0.120. The number of aromatic nitrogens is 4. The van der Waals surface area contributed by atoms with Gasteiger partial charge in [0, 0.05) is 11.4 Å². The van der Waals surface area contributed by atoms with Crippen molar-refractivity contribution in [2.24, 2.45) is 0 Å². The third-order valence-corrected chi connectivity index (χ3v) is 5.43. The predicted molar refractivity (Wildman–Crippen MR) is 125 cm³/mol. The second-order valence-electron chi connectivity index (χ2n) is 7.68. The molecule has 0 spiro atoms. The summed E-state index contributed by atoms with van der Waals surface area (Å²) in [6.45, 7) is 2.33. The van der Waals surface area contributed by atoms with Crippen molar-refractivity contribution in [3.05, 3.63) is 107 Å². The number of ether oxygens (including phenoxy) is 1. The number of carbonyl (C=O) groups excluding carboxylic acids is 1. The number of amides is 1. The first kappa shape index (κ1) is 20.4. The minimum Gasteiger partial charge on any atom is -0.489 e. The van der Waals surface area contributed by atoms with Gasteiger partial charge in [0.15, 0.2) is 0 Å². The number of fused-ring (bicyclic) bond motifs is 1. The van der Waals surface area contributed by atoms with E-state index in [0.717, 1.165) is 16.9 Å². The highest BCUT2D eigenvalue weighted by atomic mass is 16.5. The van der Waals surface area contributed by atoms with E-state index in [0.29, 0.717) is 29.5 Å². The zero-order valence-corrected chi connectivity index (χ0v) is 18.0. The number of carbonyl (C=O) groups is 1. The number of benzene rings is 3. The van der Waals surface area contributed by atoms with Crippen molar-refractivity contribution in [1.29, 1.82) is 0 Å². The molecule has 164 valence electrons. The lowest BCUT2D eigenvalue weighted by atomic mass is 9.95. The Balaban J connectivity index is 1.42. The number of nitrogens with one attached hydrogen (secondary N) is 2. The van der Waals surface area contributed by atoms with E-state index < -0.39 is 6.04 Å². The molecule has 33 heavy (non-hydrogen) atoms. The molecule has 0 fully saturated rings. The molecule has 0 unspecified atom stereocenters. The summed E-state index contributed by atoms with van der Waals surface area (Å²) < 4.78 is 7.53. The Morgan fingerprint density at radius 2 is 1.70 bits per heavy atom. The molecule has 1 atom stereocenters. The largest absolute Gasteiger partial charge is 0.489 e. The van der Waals surface area contributed by atoms with Crippen LogP contribution in [0.1, 0.15) is 24.1 Å². The number of para-hydroxylation sites is 1. The van der Waals surface area contributed by atoms with Gasteiger partial charge in [0.2, 0.25) is 5.95 Å². The van der Waals surface area contributed by atoms with Crippen molar-refractivity contribution in [2.75, 3.05) is 10.6 Å². The average molecular weight is 438 g/mol. The second kappa shape index (κ2) is 8.96. The molecular weight excluding hydrogens is 416 g/mol. The van der Waals surface area contributed by atoms with Crippen LogP contribution in [0.2, 0.25) is 0 Å². The Kier molecular flexibility index (Phi) is 5.55. The van der Waals surface area contributed by atoms with Crippen molar-refractivity contribution in [2.45, 2.75) is 19.6 Å². The molecule has 1 aliphatic heterocycles. The predicted octanol–water partition coefficient (Wildman–Crippen LogP) is 4.18. The number of allylic oxidation sites excluding steroid dienone is 1. The Labute approximate surface area is 190 Å². The van der Waals surface area contributed by atoms with E-state index in [1.54, 1.807) is 4.68 Å². The van der Waals surface area contributed by atoms with E-state index >= 15 is 0 Å². The first-order chi connectivity index (χ1) is 16.2. The van der Waals surface area contributed by atoms with Crippen LogP contribution in [-0.2, 0) is 11.4 Å². The lowest BCUT2D eigenvalue weighted by Crippen LogP contribution is -2.31. The van der Waals surface area contributed by atoms with Crippen LogP contribution in [0.5, 0.6) is 5.75 Å². The van der Waals surface area contributed by atoms with Crippen molar-refractivity contribution >= 4 is 17.5 Å². The van der Waals surface area contributed by atoms with Gasteiger partial charge in [0.05, 0.1) is 5.57 Å². The zero-order valence-electron chi connectivity index (χ0n) is 18.0. The number of rotatable bonds is 6. The monoisotopic (exact) mass is 438 g/mol. The van der Waals surface area contributed by atoms with Crippen LogP contribution in [-0.4, -0.2) is 26.1 Å². The van der Waals surface area contributed by atoms with Crippen molar-refractivity contribution in [3.63, 3.8) is 0 Å². The maximum absolute atomic E-state index is 13.3. The average Bonchev–Trinajstić information content (AvgIpc) is 3.31. The van der Waals surface area contributed by atoms with Crippen LogP contribution >= 0.6 is 0 Å². The molecule has 5 rings (SSSR count). The van der Waals surface area contributed by atoms with Gasteiger partial charge >= 0.3 is 0 Å². The van der Waals surface area contributed by atoms with Crippen LogP contribution in [0, 0.1) is 0 Å². The summed E-state index contributed by atoms with van der Waals surface area (Å²) in [6.07, 6.45) is 0. The van der Waals surface area contributed by atoms with Crippen LogP contribution in [0.3, 0.4) is 0 Å². The van der Waals surface area contributed by atoms with E-state index in [1.807, 2.05) is 91.9 Å². The first-order valence-electron chi connectivity index (χ1n) is 10.6. The molecule has 0 aliphatic carbocycles. The minimum absolute atomic E-state index is 0.221. The van der Waals surface area contributed by atoms with Crippen molar-refractivity contribution < 1.29 is 9.53 Å². The molecule has 2 heterocycles. The van der Waals surface area contributed by atoms with Gasteiger partial charge in [-0.2, -0.15) is 4.68 Å². The summed E-state index contributed by atoms with van der Waals surface area (Å²) in [5, 5.41) is 18.1. The first-order valence-corrected chi connectivity index (χ1v) is 10.6. The van der Waals surface area contributed by atoms with Crippen LogP contribution < -0.4 is 15.4 Å². The van der Waals surface area contributed by atoms with Gasteiger partial charge in [0.1, 0.15) is 18.4 Å². The van der Waals surface area contributed by atoms with E-state index in [2.05, 4.69) is 26.2 Å².